The van der Waals surface area contributed by atoms with Crippen LogP contribution in [0.1, 0.15) is 33.1 Å². The molecule has 1 aliphatic carbocycles. The van der Waals surface area contributed by atoms with Crippen LogP contribution in [0.5, 0.6) is 0 Å². The first kappa shape index (κ1) is 8.25. The standard InChI is InChI=1S/C11H19NO/c1-8(2)13-7-11-3-4-12(11)10-5-9(10)6-11/h8-10H,3-7H2,1-2H3/t9-,10-,11+/m0/s1. The van der Waals surface area contributed by atoms with Crippen LogP contribution in [0.2, 0.25) is 0 Å². The van der Waals surface area contributed by atoms with Crippen LogP contribution < -0.4 is 0 Å². The van der Waals surface area contributed by atoms with Crippen molar-refractivity contribution in [2.75, 3.05) is 13.2 Å². The zero-order valence-electron chi connectivity index (χ0n) is 8.62. The van der Waals surface area contributed by atoms with E-state index >= 15 is 0 Å². The molecular formula is C11H19NO. The van der Waals surface area contributed by atoms with Crippen molar-refractivity contribution in [1.82, 2.24) is 4.90 Å². The molecule has 0 aromatic carbocycles. The van der Waals surface area contributed by atoms with E-state index in [1.54, 1.807) is 0 Å². The molecule has 0 aromatic rings. The van der Waals surface area contributed by atoms with Crippen molar-refractivity contribution in [3.63, 3.8) is 0 Å². The second kappa shape index (κ2) is 2.48. The average molecular weight is 181 g/mol. The van der Waals surface area contributed by atoms with Crippen LogP contribution in [0.15, 0.2) is 0 Å². The van der Waals surface area contributed by atoms with Crippen LogP contribution >= 0.6 is 0 Å². The van der Waals surface area contributed by atoms with Gasteiger partial charge in [-0.2, -0.15) is 0 Å². The molecule has 2 heteroatoms. The van der Waals surface area contributed by atoms with E-state index in [1.807, 2.05) is 0 Å². The number of rotatable bonds is 3. The number of ether oxygens (including phenoxy) is 1. The summed E-state index contributed by atoms with van der Waals surface area (Å²) in [7, 11) is 0. The minimum Gasteiger partial charge on any atom is -0.377 e. The van der Waals surface area contributed by atoms with Crippen molar-refractivity contribution in [2.24, 2.45) is 5.92 Å². The lowest BCUT2D eigenvalue weighted by Crippen LogP contribution is -2.60. The Labute approximate surface area is 80.2 Å². The number of fused-ring (bicyclic) bond motifs is 3. The van der Waals surface area contributed by atoms with Gasteiger partial charge in [-0.05, 0) is 39.0 Å². The molecule has 0 bridgehead atoms. The molecule has 0 spiro atoms. The Morgan fingerprint density at radius 1 is 1.54 bits per heavy atom. The first-order valence-electron chi connectivity index (χ1n) is 5.60. The van der Waals surface area contributed by atoms with Crippen molar-refractivity contribution >= 4 is 0 Å². The number of hydrogen-bond acceptors (Lipinski definition) is 2. The van der Waals surface area contributed by atoms with Crippen LogP contribution in [-0.4, -0.2) is 35.7 Å². The molecule has 2 aliphatic heterocycles. The number of hydrogen-bond donors (Lipinski definition) is 0. The van der Waals surface area contributed by atoms with Gasteiger partial charge in [0.05, 0.1) is 12.7 Å². The molecule has 3 rings (SSSR count). The van der Waals surface area contributed by atoms with Gasteiger partial charge >= 0.3 is 0 Å². The smallest absolute Gasteiger partial charge is 0.0654 e. The molecule has 2 saturated heterocycles. The maximum absolute atomic E-state index is 5.78. The van der Waals surface area contributed by atoms with Gasteiger partial charge in [0.25, 0.3) is 0 Å². The summed E-state index contributed by atoms with van der Waals surface area (Å²) in [6.45, 7) is 6.59. The lowest BCUT2D eigenvalue weighted by molar-refractivity contribution is -0.0783. The molecule has 13 heavy (non-hydrogen) atoms. The van der Waals surface area contributed by atoms with Crippen LogP contribution in [0.3, 0.4) is 0 Å². The Morgan fingerprint density at radius 3 is 2.92 bits per heavy atom. The quantitative estimate of drug-likeness (QED) is 0.656. The zero-order valence-corrected chi connectivity index (χ0v) is 8.62. The maximum atomic E-state index is 5.78. The van der Waals surface area contributed by atoms with Crippen molar-refractivity contribution < 1.29 is 4.74 Å². The summed E-state index contributed by atoms with van der Waals surface area (Å²) in [6, 6.07) is 0.963. The van der Waals surface area contributed by atoms with Crippen molar-refractivity contribution in [1.29, 1.82) is 0 Å². The third-order valence-electron chi connectivity index (χ3n) is 4.04. The van der Waals surface area contributed by atoms with Gasteiger partial charge in [-0.25, -0.2) is 0 Å². The van der Waals surface area contributed by atoms with Crippen LogP contribution in [0, 0.1) is 5.92 Å². The molecule has 2 heterocycles. The van der Waals surface area contributed by atoms with E-state index in [4.69, 9.17) is 4.74 Å². The van der Waals surface area contributed by atoms with E-state index < -0.39 is 0 Å². The second-order valence-electron chi connectivity index (χ2n) is 5.29. The SMILES string of the molecule is CC(C)OC[C@]12CCN1[C@H]1C[C@H]1C2. The lowest BCUT2D eigenvalue weighted by Gasteiger charge is -2.50. The van der Waals surface area contributed by atoms with Crippen LogP contribution in [-0.2, 0) is 4.74 Å². The van der Waals surface area contributed by atoms with Crippen molar-refractivity contribution in [3.05, 3.63) is 0 Å². The Balaban J connectivity index is 1.63. The molecule has 0 N–H and O–H groups in total. The van der Waals surface area contributed by atoms with Crippen molar-refractivity contribution in [2.45, 2.75) is 50.8 Å². The fourth-order valence-corrected chi connectivity index (χ4v) is 3.15. The molecule has 3 aliphatic rings. The summed E-state index contributed by atoms with van der Waals surface area (Å²) in [6.07, 6.45) is 4.68. The predicted octanol–water partition coefficient (Wildman–Crippen LogP) is 1.65. The van der Waals surface area contributed by atoms with E-state index in [-0.39, 0.29) is 0 Å². The summed E-state index contributed by atoms with van der Waals surface area (Å²) in [5.74, 6) is 1.04. The zero-order chi connectivity index (χ0) is 9.05. The monoisotopic (exact) mass is 181 g/mol. The molecule has 1 saturated carbocycles. The van der Waals surface area contributed by atoms with Crippen LogP contribution in [0.25, 0.3) is 0 Å². The van der Waals surface area contributed by atoms with Crippen LogP contribution in [0.4, 0.5) is 0 Å². The number of piperidine rings is 1. The molecule has 3 atom stereocenters. The molecular weight excluding hydrogens is 162 g/mol. The van der Waals surface area contributed by atoms with Gasteiger partial charge in [-0.15, -0.1) is 0 Å². The fraction of sp³-hybridized carbons (Fsp3) is 1.00. The van der Waals surface area contributed by atoms with Gasteiger partial charge < -0.3 is 4.74 Å². The third-order valence-corrected chi connectivity index (χ3v) is 4.04. The fourth-order valence-electron chi connectivity index (χ4n) is 3.15. The van der Waals surface area contributed by atoms with E-state index in [0.29, 0.717) is 11.6 Å². The molecule has 0 unspecified atom stereocenters. The Kier molecular flexibility index (Phi) is 1.58. The van der Waals surface area contributed by atoms with Gasteiger partial charge in [-0.3, -0.25) is 4.90 Å². The molecule has 2 nitrogen and oxygen atoms in total. The first-order valence-corrected chi connectivity index (χ1v) is 5.60. The van der Waals surface area contributed by atoms with Gasteiger partial charge in [0.1, 0.15) is 0 Å². The topological polar surface area (TPSA) is 12.5 Å². The number of nitrogens with zero attached hydrogens (tertiary/aromatic N) is 1. The minimum absolute atomic E-state index is 0.397. The van der Waals surface area contributed by atoms with E-state index in [9.17, 15) is 0 Å². The minimum atomic E-state index is 0.397. The highest BCUT2D eigenvalue weighted by Crippen LogP contribution is 2.58. The van der Waals surface area contributed by atoms with E-state index in [1.165, 1.54) is 25.8 Å². The normalized spacial score (nSPS) is 47.3. The summed E-state index contributed by atoms with van der Waals surface area (Å²) in [5, 5.41) is 0. The molecule has 3 fully saturated rings. The average Bonchev–Trinajstić information content (AvgIpc) is 2.70. The van der Waals surface area contributed by atoms with Gasteiger partial charge in [-0.1, -0.05) is 0 Å². The Morgan fingerprint density at radius 2 is 2.38 bits per heavy atom. The van der Waals surface area contributed by atoms with E-state index in [2.05, 4.69) is 18.7 Å². The molecule has 0 aromatic heterocycles. The Hall–Kier alpha value is -0.0800. The second-order valence-corrected chi connectivity index (χ2v) is 5.29. The summed E-state index contributed by atoms with van der Waals surface area (Å²) >= 11 is 0. The predicted molar refractivity (Wildman–Crippen MR) is 51.7 cm³/mol. The Bertz CT molecular complexity index is 228. The van der Waals surface area contributed by atoms with Gasteiger partial charge in [0, 0.05) is 18.1 Å². The lowest BCUT2D eigenvalue weighted by atomic mass is 9.83. The summed E-state index contributed by atoms with van der Waals surface area (Å²) < 4.78 is 5.78. The highest BCUT2D eigenvalue weighted by atomic mass is 16.5. The summed E-state index contributed by atoms with van der Waals surface area (Å²) in [4.78, 5) is 2.71. The first-order chi connectivity index (χ1) is 6.21. The van der Waals surface area contributed by atoms with E-state index in [0.717, 1.165) is 18.6 Å². The highest BCUT2D eigenvalue weighted by Gasteiger charge is 2.63. The maximum Gasteiger partial charge on any atom is 0.0654 e. The third kappa shape index (κ3) is 1.08. The largest absolute Gasteiger partial charge is 0.377 e. The van der Waals surface area contributed by atoms with Gasteiger partial charge in [0.2, 0.25) is 0 Å². The molecule has 0 amide bonds. The highest BCUT2D eigenvalue weighted by molar-refractivity contribution is 5.18. The summed E-state index contributed by atoms with van der Waals surface area (Å²) in [5.41, 5.74) is 0.498. The van der Waals surface area contributed by atoms with Gasteiger partial charge in [0.15, 0.2) is 0 Å². The van der Waals surface area contributed by atoms with Crippen molar-refractivity contribution in [3.8, 4) is 0 Å². The molecule has 74 valence electrons. The molecule has 0 radical (unpaired) electrons.